The van der Waals surface area contributed by atoms with Crippen molar-refractivity contribution in [2.75, 3.05) is 7.11 Å². The summed E-state index contributed by atoms with van der Waals surface area (Å²) < 4.78 is 18.5. The topological polar surface area (TPSA) is 75.6 Å². The smallest absolute Gasteiger partial charge is 0.326 e. The van der Waals surface area contributed by atoms with Gasteiger partial charge in [-0.3, -0.25) is 4.79 Å². The zero-order valence-electron chi connectivity index (χ0n) is 13.9. The fourth-order valence-electron chi connectivity index (χ4n) is 2.44. The molecule has 132 valence electrons. The van der Waals surface area contributed by atoms with E-state index in [1.807, 2.05) is 30.3 Å². The first-order chi connectivity index (χ1) is 12.0. The van der Waals surface area contributed by atoms with Gasteiger partial charge in [-0.05, 0) is 29.7 Å². The number of aryl methyl sites for hydroxylation is 1. The number of rotatable bonds is 8. The first-order valence-corrected chi connectivity index (χ1v) is 7.88. The molecule has 0 fully saturated rings. The van der Waals surface area contributed by atoms with Gasteiger partial charge in [-0.2, -0.15) is 0 Å². The van der Waals surface area contributed by atoms with E-state index in [9.17, 15) is 19.1 Å². The minimum Gasteiger partial charge on any atom is -0.494 e. The Kier molecular flexibility index (Phi) is 6.51. The van der Waals surface area contributed by atoms with E-state index >= 15 is 0 Å². The van der Waals surface area contributed by atoms with Crippen LogP contribution in [-0.4, -0.2) is 30.1 Å². The molecule has 2 rings (SSSR count). The van der Waals surface area contributed by atoms with Crippen molar-refractivity contribution in [3.63, 3.8) is 0 Å². The Morgan fingerprint density at radius 2 is 1.88 bits per heavy atom. The van der Waals surface area contributed by atoms with Crippen molar-refractivity contribution in [3.8, 4) is 5.75 Å². The third-order valence-corrected chi connectivity index (χ3v) is 3.77. The van der Waals surface area contributed by atoms with Crippen LogP contribution in [0.4, 0.5) is 4.39 Å². The minimum absolute atomic E-state index is 0.0737. The number of carbonyl (C=O) groups excluding carboxylic acids is 1. The molecule has 6 heteroatoms. The number of aliphatic carboxylic acids is 1. The molecule has 2 N–H and O–H groups in total. The van der Waals surface area contributed by atoms with Crippen molar-refractivity contribution in [2.45, 2.75) is 25.3 Å². The normalized spacial score (nSPS) is 11.6. The molecule has 25 heavy (non-hydrogen) atoms. The monoisotopic (exact) mass is 345 g/mol. The summed E-state index contributed by atoms with van der Waals surface area (Å²) in [6.07, 6.45) is 0.591. The lowest BCUT2D eigenvalue weighted by Gasteiger charge is -2.14. The molecule has 2 aromatic carbocycles. The van der Waals surface area contributed by atoms with E-state index in [2.05, 4.69) is 5.32 Å². The van der Waals surface area contributed by atoms with E-state index < -0.39 is 17.8 Å². The molecule has 0 aromatic heterocycles. The highest BCUT2D eigenvalue weighted by atomic mass is 19.1. The average molecular weight is 345 g/mol. The molecule has 1 atom stereocenters. The Morgan fingerprint density at radius 1 is 1.16 bits per heavy atom. The number of carbonyl (C=O) groups is 2. The molecule has 2 aromatic rings. The van der Waals surface area contributed by atoms with E-state index in [4.69, 9.17) is 4.74 Å². The zero-order valence-corrected chi connectivity index (χ0v) is 13.9. The number of methoxy groups -OCH3 is 1. The highest BCUT2D eigenvalue weighted by Crippen LogP contribution is 2.18. The number of amides is 1. The molecular formula is C19H20FNO4. The number of benzene rings is 2. The van der Waals surface area contributed by atoms with Crippen LogP contribution in [-0.2, 0) is 22.4 Å². The molecule has 0 radical (unpaired) electrons. The van der Waals surface area contributed by atoms with Gasteiger partial charge < -0.3 is 15.2 Å². The molecule has 0 spiro atoms. The van der Waals surface area contributed by atoms with Gasteiger partial charge in [0, 0.05) is 12.8 Å². The van der Waals surface area contributed by atoms with Crippen LogP contribution in [0.25, 0.3) is 0 Å². The quantitative estimate of drug-likeness (QED) is 0.771. The lowest BCUT2D eigenvalue weighted by molar-refractivity contribution is -0.141. The van der Waals surface area contributed by atoms with Crippen LogP contribution in [0, 0.1) is 5.82 Å². The van der Waals surface area contributed by atoms with Crippen LogP contribution in [0.1, 0.15) is 17.5 Å². The van der Waals surface area contributed by atoms with Crippen molar-refractivity contribution in [2.24, 2.45) is 0 Å². The Bertz CT molecular complexity index is 733. The third kappa shape index (κ3) is 5.60. The summed E-state index contributed by atoms with van der Waals surface area (Å²) in [5, 5.41) is 11.8. The average Bonchev–Trinajstić information content (AvgIpc) is 2.60. The van der Waals surface area contributed by atoms with Gasteiger partial charge in [-0.15, -0.1) is 0 Å². The molecule has 0 heterocycles. The van der Waals surface area contributed by atoms with Gasteiger partial charge in [-0.25, -0.2) is 9.18 Å². The molecule has 0 saturated carbocycles. The standard InChI is InChI=1S/C19H20FNO4/c1-25-17-9-7-14(11-15(17)20)8-10-18(22)21-16(19(23)24)12-13-5-3-2-4-6-13/h2-7,9,11,16H,8,10,12H2,1H3,(H,21,22)(H,23,24)/t16-/m1/s1. The molecule has 5 nitrogen and oxygen atoms in total. The number of nitrogens with one attached hydrogen (secondary N) is 1. The lowest BCUT2D eigenvalue weighted by atomic mass is 10.1. The van der Waals surface area contributed by atoms with Crippen molar-refractivity contribution in [1.29, 1.82) is 0 Å². The molecule has 0 bridgehead atoms. The van der Waals surface area contributed by atoms with E-state index in [0.717, 1.165) is 5.56 Å². The maximum absolute atomic E-state index is 13.6. The molecule has 0 aliphatic heterocycles. The van der Waals surface area contributed by atoms with E-state index in [1.54, 1.807) is 6.07 Å². The summed E-state index contributed by atoms with van der Waals surface area (Å²) in [7, 11) is 1.38. The second-order valence-electron chi connectivity index (χ2n) is 5.62. The van der Waals surface area contributed by atoms with Crippen molar-refractivity contribution in [3.05, 3.63) is 65.5 Å². The summed E-state index contributed by atoms with van der Waals surface area (Å²) >= 11 is 0. The molecule has 0 aliphatic rings. The van der Waals surface area contributed by atoms with Gasteiger partial charge in [0.05, 0.1) is 7.11 Å². The highest BCUT2D eigenvalue weighted by molar-refractivity contribution is 5.83. The van der Waals surface area contributed by atoms with Crippen molar-refractivity contribution >= 4 is 11.9 Å². The third-order valence-electron chi connectivity index (χ3n) is 3.77. The van der Waals surface area contributed by atoms with E-state index in [1.165, 1.54) is 19.2 Å². The fraction of sp³-hybridized carbons (Fsp3) is 0.263. The second-order valence-corrected chi connectivity index (χ2v) is 5.62. The van der Waals surface area contributed by atoms with Gasteiger partial charge in [0.2, 0.25) is 5.91 Å². The maximum atomic E-state index is 13.6. The van der Waals surface area contributed by atoms with Gasteiger partial charge in [-0.1, -0.05) is 36.4 Å². The maximum Gasteiger partial charge on any atom is 0.326 e. The predicted molar refractivity (Wildman–Crippen MR) is 91.0 cm³/mol. The van der Waals surface area contributed by atoms with Crippen molar-refractivity contribution in [1.82, 2.24) is 5.32 Å². The van der Waals surface area contributed by atoms with Gasteiger partial charge in [0.1, 0.15) is 6.04 Å². The summed E-state index contributed by atoms with van der Waals surface area (Å²) in [6, 6.07) is 12.6. The first kappa shape index (κ1) is 18.4. The first-order valence-electron chi connectivity index (χ1n) is 7.88. The SMILES string of the molecule is COc1ccc(CCC(=O)N[C@H](Cc2ccccc2)C(=O)O)cc1F. The summed E-state index contributed by atoms with van der Waals surface area (Å²) in [5.41, 5.74) is 1.47. The summed E-state index contributed by atoms with van der Waals surface area (Å²) in [4.78, 5) is 23.4. The highest BCUT2D eigenvalue weighted by Gasteiger charge is 2.20. The minimum atomic E-state index is -1.09. The molecule has 0 saturated heterocycles. The lowest BCUT2D eigenvalue weighted by Crippen LogP contribution is -2.42. The molecule has 0 aliphatic carbocycles. The Balaban J connectivity index is 1.90. The molecule has 0 unspecified atom stereocenters. The predicted octanol–water partition coefficient (Wildman–Crippen LogP) is 2.58. The number of halogens is 1. The molecular weight excluding hydrogens is 325 g/mol. The van der Waals surface area contributed by atoms with Crippen LogP contribution < -0.4 is 10.1 Å². The molecule has 1 amide bonds. The Morgan fingerprint density at radius 3 is 2.48 bits per heavy atom. The van der Waals surface area contributed by atoms with Crippen LogP contribution in [0.5, 0.6) is 5.75 Å². The van der Waals surface area contributed by atoms with Crippen LogP contribution in [0.2, 0.25) is 0 Å². The van der Waals surface area contributed by atoms with Crippen LogP contribution >= 0.6 is 0 Å². The number of ether oxygens (including phenoxy) is 1. The van der Waals surface area contributed by atoms with Gasteiger partial charge in [0.15, 0.2) is 11.6 Å². The number of carboxylic acid groups (broad SMARTS) is 1. The van der Waals surface area contributed by atoms with Gasteiger partial charge in [0.25, 0.3) is 0 Å². The summed E-state index contributed by atoms with van der Waals surface area (Å²) in [5.74, 6) is -1.83. The van der Waals surface area contributed by atoms with Crippen LogP contribution in [0.15, 0.2) is 48.5 Å². The van der Waals surface area contributed by atoms with E-state index in [-0.39, 0.29) is 24.5 Å². The largest absolute Gasteiger partial charge is 0.494 e. The zero-order chi connectivity index (χ0) is 18.2. The fourth-order valence-corrected chi connectivity index (χ4v) is 2.44. The van der Waals surface area contributed by atoms with E-state index in [0.29, 0.717) is 12.0 Å². The second kappa shape index (κ2) is 8.82. The number of carboxylic acids is 1. The van der Waals surface area contributed by atoms with Crippen LogP contribution in [0.3, 0.4) is 0 Å². The summed E-state index contributed by atoms with van der Waals surface area (Å²) in [6.45, 7) is 0. The number of hydrogen-bond acceptors (Lipinski definition) is 3. The Hall–Kier alpha value is -2.89. The number of hydrogen-bond donors (Lipinski definition) is 2. The van der Waals surface area contributed by atoms with Gasteiger partial charge >= 0.3 is 5.97 Å². The Labute approximate surface area is 145 Å². The van der Waals surface area contributed by atoms with Crippen molar-refractivity contribution < 1.29 is 23.8 Å².